The molecule has 0 aromatic rings. The van der Waals surface area contributed by atoms with Crippen molar-refractivity contribution >= 4 is 5.91 Å². The normalized spacial score (nSPS) is 14.5. The first-order chi connectivity index (χ1) is 25.0. The van der Waals surface area contributed by atoms with Crippen molar-refractivity contribution in [2.45, 2.75) is 237 Å². The van der Waals surface area contributed by atoms with Crippen molar-refractivity contribution in [2.24, 2.45) is 0 Å². The number of hydrogen-bond acceptors (Lipinski definition) is 5. The van der Waals surface area contributed by atoms with Crippen molar-refractivity contribution in [1.82, 2.24) is 5.32 Å². The molecule has 0 aliphatic rings. The van der Waals surface area contributed by atoms with Gasteiger partial charge in [0, 0.05) is 0 Å². The zero-order chi connectivity index (χ0) is 37.5. The van der Waals surface area contributed by atoms with Crippen LogP contribution in [0.15, 0.2) is 36.5 Å². The van der Waals surface area contributed by atoms with E-state index < -0.39 is 36.9 Å². The van der Waals surface area contributed by atoms with Crippen molar-refractivity contribution < 1.29 is 25.2 Å². The molecule has 0 heterocycles. The maximum absolute atomic E-state index is 12.5. The molecular weight excluding hydrogens is 634 g/mol. The lowest BCUT2D eigenvalue weighted by molar-refractivity contribution is -0.132. The minimum atomic E-state index is -1.28. The van der Waals surface area contributed by atoms with E-state index in [1.165, 1.54) is 128 Å². The van der Waals surface area contributed by atoms with Crippen molar-refractivity contribution in [3.05, 3.63) is 36.5 Å². The number of carbonyl (C=O) groups is 1. The van der Waals surface area contributed by atoms with Gasteiger partial charge in [-0.05, 0) is 70.6 Å². The number of nitrogens with one attached hydrogen (secondary N) is 1. The topological polar surface area (TPSA) is 110 Å². The van der Waals surface area contributed by atoms with E-state index in [0.29, 0.717) is 19.3 Å². The van der Waals surface area contributed by atoms with Crippen molar-refractivity contribution in [2.75, 3.05) is 6.61 Å². The summed E-state index contributed by atoms with van der Waals surface area (Å²) in [5.41, 5.74) is 0. The monoisotopic (exact) mass is 720 g/mol. The molecule has 0 saturated heterocycles. The Bertz CT molecular complexity index is 812. The third-order valence-electron chi connectivity index (χ3n) is 10.1. The SMILES string of the molecule is CCCCCCCCCC/C=C/CCCC(O)C(O)C(CO)NC(=O)C(O)CCCCCCCC/C=C\C/C=C\CCCCCCCCCCC. The van der Waals surface area contributed by atoms with E-state index in [4.69, 9.17) is 0 Å². The molecule has 4 atom stereocenters. The molecule has 0 spiro atoms. The van der Waals surface area contributed by atoms with Gasteiger partial charge in [0.15, 0.2) is 0 Å². The van der Waals surface area contributed by atoms with Crippen molar-refractivity contribution in [3.63, 3.8) is 0 Å². The highest BCUT2D eigenvalue weighted by molar-refractivity contribution is 5.80. The van der Waals surface area contributed by atoms with Gasteiger partial charge in [-0.3, -0.25) is 4.79 Å². The molecule has 0 aliphatic carbocycles. The Morgan fingerprint density at radius 3 is 1.29 bits per heavy atom. The number of rotatable bonds is 39. The van der Waals surface area contributed by atoms with Gasteiger partial charge in [-0.2, -0.15) is 0 Å². The highest BCUT2D eigenvalue weighted by Crippen LogP contribution is 2.14. The summed E-state index contributed by atoms with van der Waals surface area (Å²) in [7, 11) is 0. The van der Waals surface area contributed by atoms with Crippen LogP contribution in [-0.4, -0.2) is 57.3 Å². The smallest absolute Gasteiger partial charge is 0.249 e. The first kappa shape index (κ1) is 49.5. The second-order valence-electron chi connectivity index (χ2n) is 15.0. The van der Waals surface area contributed by atoms with E-state index in [2.05, 4.69) is 55.6 Å². The Morgan fingerprint density at radius 2 is 0.863 bits per heavy atom. The van der Waals surface area contributed by atoms with Crippen LogP contribution in [0.2, 0.25) is 0 Å². The molecule has 4 unspecified atom stereocenters. The zero-order valence-electron chi connectivity index (χ0n) is 33.6. The van der Waals surface area contributed by atoms with Crippen LogP contribution in [0.1, 0.15) is 213 Å². The number of amides is 1. The second-order valence-corrected chi connectivity index (χ2v) is 15.0. The van der Waals surface area contributed by atoms with Gasteiger partial charge in [0.25, 0.3) is 0 Å². The highest BCUT2D eigenvalue weighted by Gasteiger charge is 2.28. The first-order valence-corrected chi connectivity index (χ1v) is 21.9. The Labute approximate surface area is 316 Å². The van der Waals surface area contributed by atoms with Crippen LogP contribution >= 0.6 is 0 Å². The van der Waals surface area contributed by atoms with Crippen LogP contribution in [-0.2, 0) is 4.79 Å². The molecule has 0 fully saturated rings. The predicted octanol–water partition coefficient (Wildman–Crippen LogP) is 11.3. The minimum Gasteiger partial charge on any atom is -0.394 e. The Morgan fingerprint density at radius 1 is 0.490 bits per heavy atom. The lowest BCUT2D eigenvalue weighted by Gasteiger charge is -2.27. The molecule has 0 radical (unpaired) electrons. The number of aliphatic hydroxyl groups excluding tert-OH is 4. The zero-order valence-corrected chi connectivity index (χ0v) is 33.6. The van der Waals surface area contributed by atoms with Gasteiger partial charge in [0.2, 0.25) is 5.91 Å². The van der Waals surface area contributed by atoms with Gasteiger partial charge < -0.3 is 25.7 Å². The fourth-order valence-electron chi connectivity index (χ4n) is 6.55. The molecular formula is C45H85NO5. The lowest BCUT2D eigenvalue weighted by atomic mass is 10.00. The van der Waals surface area contributed by atoms with Gasteiger partial charge in [0.05, 0.1) is 18.8 Å². The molecule has 5 N–H and O–H groups in total. The molecule has 0 rings (SSSR count). The maximum atomic E-state index is 12.5. The van der Waals surface area contributed by atoms with Gasteiger partial charge >= 0.3 is 0 Å². The van der Waals surface area contributed by atoms with Crippen LogP contribution < -0.4 is 5.32 Å². The molecule has 6 nitrogen and oxygen atoms in total. The molecule has 6 heteroatoms. The summed E-state index contributed by atoms with van der Waals surface area (Å²) < 4.78 is 0. The molecule has 0 aromatic carbocycles. The van der Waals surface area contributed by atoms with Gasteiger partial charge in [-0.1, -0.05) is 179 Å². The molecule has 300 valence electrons. The van der Waals surface area contributed by atoms with Crippen LogP contribution in [0.25, 0.3) is 0 Å². The number of hydrogen-bond donors (Lipinski definition) is 5. The van der Waals surface area contributed by atoms with Crippen LogP contribution in [0.5, 0.6) is 0 Å². The summed E-state index contributed by atoms with van der Waals surface area (Å²) in [6.07, 6.45) is 46.0. The Hall–Kier alpha value is -1.47. The average molecular weight is 720 g/mol. The number of unbranched alkanes of at least 4 members (excludes halogenated alkanes) is 24. The van der Waals surface area contributed by atoms with Gasteiger partial charge in [-0.15, -0.1) is 0 Å². The Kier molecular flexibility index (Phi) is 38.6. The predicted molar refractivity (Wildman–Crippen MR) is 219 cm³/mol. The maximum Gasteiger partial charge on any atom is 0.249 e. The number of carbonyl (C=O) groups excluding carboxylic acids is 1. The summed E-state index contributed by atoms with van der Waals surface area (Å²) in [5, 5.41) is 43.6. The summed E-state index contributed by atoms with van der Waals surface area (Å²) in [4.78, 5) is 12.5. The molecule has 0 bridgehead atoms. The number of allylic oxidation sites excluding steroid dienone is 6. The first-order valence-electron chi connectivity index (χ1n) is 21.9. The fraction of sp³-hybridized carbons (Fsp3) is 0.844. The highest BCUT2D eigenvalue weighted by atomic mass is 16.3. The quantitative estimate of drug-likeness (QED) is 0.0321. The summed E-state index contributed by atoms with van der Waals surface area (Å²) in [6, 6.07) is -1.01. The van der Waals surface area contributed by atoms with Crippen molar-refractivity contribution in [3.8, 4) is 0 Å². The second kappa shape index (κ2) is 39.7. The van der Waals surface area contributed by atoms with Crippen molar-refractivity contribution in [1.29, 1.82) is 0 Å². The molecule has 0 aromatic heterocycles. The van der Waals surface area contributed by atoms with Crippen LogP contribution in [0.4, 0.5) is 0 Å². The van der Waals surface area contributed by atoms with Crippen LogP contribution in [0.3, 0.4) is 0 Å². The third kappa shape index (κ3) is 34.1. The molecule has 1 amide bonds. The van der Waals surface area contributed by atoms with Gasteiger partial charge in [-0.25, -0.2) is 0 Å². The molecule has 0 aliphatic heterocycles. The molecule has 0 saturated carbocycles. The third-order valence-corrected chi connectivity index (χ3v) is 10.1. The van der Waals surface area contributed by atoms with E-state index >= 15 is 0 Å². The fourth-order valence-corrected chi connectivity index (χ4v) is 6.55. The summed E-state index contributed by atoms with van der Waals surface area (Å²) >= 11 is 0. The number of aliphatic hydroxyl groups is 4. The van der Waals surface area contributed by atoms with E-state index in [0.717, 1.165) is 51.4 Å². The largest absolute Gasteiger partial charge is 0.394 e. The molecule has 51 heavy (non-hydrogen) atoms. The van der Waals surface area contributed by atoms with E-state index in [1.54, 1.807) is 0 Å². The summed E-state index contributed by atoms with van der Waals surface area (Å²) in [5.74, 6) is -0.602. The average Bonchev–Trinajstić information content (AvgIpc) is 3.13. The van der Waals surface area contributed by atoms with E-state index in [1.807, 2.05) is 0 Å². The van der Waals surface area contributed by atoms with E-state index in [9.17, 15) is 25.2 Å². The van der Waals surface area contributed by atoms with E-state index in [-0.39, 0.29) is 0 Å². The van der Waals surface area contributed by atoms with Gasteiger partial charge in [0.1, 0.15) is 12.2 Å². The standard InChI is InChI=1S/C45H85NO5/c1-3-5-7-9-11-13-15-17-18-19-20-21-22-23-24-25-27-29-31-33-35-37-39-43(49)45(51)46-41(40-47)44(50)42(48)38-36-34-32-30-28-26-16-14-12-10-8-6-4-2/h20-21,23-24,30,32,41-44,47-50H,3-19,22,25-29,31,33-40H2,1-2H3,(H,46,51)/b21-20-,24-23-,32-30+. The Balaban J connectivity index is 3.79. The van der Waals surface area contributed by atoms with Crippen LogP contribution in [0, 0.1) is 0 Å². The summed E-state index contributed by atoms with van der Waals surface area (Å²) in [6.45, 7) is 4.02. The minimum absolute atomic E-state index is 0.351. The lowest BCUT2D eigenvalue weighted by Crippen LogP contribution is -2.53.